The predicted octanol–water partition coefficient (Wildman–Crippen LogP) is 5.04. The molecule has 3 aromatic rings. The molecule has 2 fully saturated rings. The van der Waals surface area contributed by atoms with Gasteiger partial charge in [-0.15, -0.1) is 0 Å². The quantitative estimate of drug-likeness (QED) is 0.413. The van der Waals surface area contributed by atoms with Gasteiger partial charge in [-0.3, -0.25) is 14.5 Å². The van der Waals surface area contributed by atoms with E-state index in [2.05, 4.69) is 16.1 Å². The van der Waals surface area contributed by atoms with Gasteiger partial charge in [-0.25, -0.2) is 8.78 Å². The van der Waals surface area contributed by atoms with Crippen LogP contribution in [-0.4, -0.2) is 71.1 Å². The van der Waals surface area contributed by atoms with Crippen molar-refractivity contribution in [1.82, 2.24) is 14.8 Å². The first kappa shape index (κ1) is 26.9. The molecule has 0 spiro atoms. The van der Waals surface area contributed by atoms with Crippen LogP contribution in [0, 0.1) is 17.6 Å². The maximum atomic E-state index is 13.4. The number of rotatable bonds is 7. The summed E-state index contributed by atoms with van der Waals surface area (Å²) in [5.41, 5.74) is 2.59. The second kappa shape index (κ2) is 11.6. The lowest BCUT2D eigenvalue weighted by Crippen LogP contribution is -2.52. The average Bonchev–Trinajstić information content (AvgIpc) is 3.35. The summed E-state index contributed by atoms with van der Waals surface area (Å²) >= 11 is 0. The zero-order valence-electron chi connectivity index (χ0n) is 21.9. The van der Waals surface area contributed by atoms with Crippen LogP contribution in [0.1, 0.15) is 42.7 Å². The van der Waals surface area contributed by atoms with Crippen LogP contribution in [0.2, 0.25) is 0 Å². The predicted molar refractivity (Wildman–Crippen MR) is 145 cm³/mol. The third-order valence-electron chi connectivity index (χ3n) is 8.14. The number of hydrogen-bond donors (Lipinski definition) is 2. The average molecular weight is 538 g/mol. The molecule has 2 aliphatic rings. The van der Waals surface area contributed by atoms with Crippen molar-refractivity contribution in [3.8, 4) is 5.75 Å². The molecule has 2 aromatic carbocycles. The maximum absolute atomic E-state index is 13.4. The van der Waals surface area contributed by atoms with Crippen LogP contribution in [0.25, 0.3) is 17.0 Å². The van der Waals surface area contributed by atoms with E-state index in [1.165, 1.54) is 17.7 Å². The molecule has 1 aromatic heterocycles. The molecule has 39 heavy (non-hydrogen) atoms. The highest BCUT2D eigenvalue weighted by Gasteiger charge is 2.38. The summed E-state index contributed by atoms with van der Waals surface area (Å²) < 4.78 is 32.2. The Bertz CT molecular complexity index is 1350. The number of nitrogens with zero attached hydrogens (tertiary/aromatic N) is 2. The number of aromatic nitrogens is 1. The van der Waals surface area contributed by atoms with Gasteiger partial charge in [-0.1, -0.05) is 0 Å². The van der Waals surface area contributed by atoms with Crippen LogP contribution in [0.5, 0.6) is 5.75 Å². The van der Waals surface area contributed by atoms with Gasteiger partial charge in [0.05, 0.1) is 7.11 Å². The third-order valence-corrected chi connectivity index (χ3v) is 8.14. The first-order valence-corrected chi connectivity index (χ1v) is 13.4. The normalized spacial score (nSPS) is 18.6. The first-order chi connectivity index (χ1) is 18.8. The van der Waals surface area contributed by atoms with Gasteiger partial charge in [0.1, 0.15) is 23.4 Å². The monoisotopic (exact) mass is 537 g/mol. The number of H-pyrrole nitrogens is 1. The van der Waals surface area contributed by atoms with E-state index in [1.54, 1.807) is 12.0 Å². The van der Waals surface area contributed by atoms with Crippen molar-refractivity contribution < 1.29 is 28.2 Å². The van der Waals surface area contributed by atoms with Gasteiger partial charge in [0.2, 0.25) is 5.91 Å². The molecule has 0 saturated carbocycles. The largest absolute Gasteiger partial charge is 0.497 e. The van der Waals surface area contributed by atoms with Crippen molar-refractivity contribution in [2.24, 2.45) is 5.92 Å². The Kier molecular flexibility index (Phi) is 7.97. The maximum Gasteiger partial charge on any atom is 0.321 e. The van der Waals surface area contributed by atoms with Gasteiger partial charge in [-0.05, 0) is 98.1 Å². The Labute approximate surface area is 226 Å². The highest BCUT2D eigenvalue weighted by molar-refractivity contribution is 5.92. The van der Waals surface area contributed by atoms with Crippen LogP contribution >= 0.6 is 0 Å². The van der Waals surface area contributed by atoms with Crippen molar-refractivity contribution in [3.05, 3.63) is 71.4 Å². The molecule has 1 atom stereocenters. The Balaban J connectivity index is 1.18. The lowest BCUT2D eigenvalue weighted by Gasteiger charge is -2.41. The molecule has 0 radical (unpaired) electrons. The molecule has 2 aliphatic heterocycles. The van der Waals surface area contributed by atoms with E-state index in [4.69, 9.17) is 4.74 Å². The number of aromatic amines is 1. The molecule has 206 valence electrons. The molecule has 1 unspecified atom stereocenters. The van der Waals surface area contributed by atoms with Crippen molar-refractivity contribution in [2.45, 2.75) is 37.6 Å². The Morgan fingerprint density at radius 1 is 1.03 bits per heavy atom. The number of methoxy groups -OCH3 is 1. The SMILES string of the molecule is COc1ccc2[nH]cc(C3CCN(C(C(=O)O)C4CCN(C(=O)/C=C/c5cc(F)cc(F)c5)CC4)CC3)c2c1. The van der Waals surface area contributed by atoms with E-state index in [-0.39, 0.29) is 17.4 Å². The Morgan fingerprint density at radius 2 is 1.72 bits per heavy atom. The number of amides is 1. The molecule has 0 bridgehead atoms. The fraction of sp³-hybridized carbons (Fsp3) is 0.400. The van der Waals surface area contributed by atoms with Gasteiger partial charge in [0.25, 0.3) is 0 Å². The van der Waals surface area contributed by atoms with Gasteiger partial charge in [0, 0.05) is 42.3 Å². The van der Waals surface area contributed by atoms with Crippen LogP contribution < -0.4 is 4.74 Å². The van der Waals surface area contributed by atoms with Crippen LogP contribution in [0.3, 0.4) is 0 Å². The summed E-state index contributed by atoms with van der Waals surface area (Å²) in [5.74, 6) is -1.36. The Morgan fingerprint density at radius 3 is 2.36 bits per heavy atom. The van der Waals surface area contributed by atoms with Crippen molar-refractivity contribution in [2.75, 3.05) is 33.3 Å². The summed E-state index contributed by atoms with van der Waals surface area (Å²) in [7, 11) is 1.66. The van der Waals surface area contributed by atoms with E-state index in [1.807, 2.05) is 18.2 Å². The minimum Gasteiger partial charge on any atom is -0.497 e. The van der Waals surface area contributed by atoms with Gasteiger partial charge in [-0.2, -0.15) is 0 Å². The molecule has 7 nitrogen and oxygen atoms in total. The lowest BCUT2D eigenvalue weighted by molar-refractivity contribution is -0.147. The molecule has 0 aliphatic carbocycles. The molecule has 2 N–H and O–H groups in total. The van der Waals surface area contributed by atoms with Crippen LogP contribution in [-0.2, 0) is 9.59 Å². The second-order valence-electron chi connectivity index (χ2n) is 10.4. The summed E-state index contributed by atoms with van der Waals surface area (Å²) in [5, 5.41) is 11.3. The molecule has 3 heterocycles. The summed E-state index contributed by atoms with van der Waals surface area (Å²) in [6.07, 6.45) is 7.70. The highest BCUT2D eigenvalue weighted by Crippen LogP contribution is 2.36. The van der Waals surface area contributed by atoms with Crippen LogP contribution in [0.4, 0.5) is 8.78 Å². The van der Waals surface area contributed by atoms with Crippen molar-refractivity contribution >= 4 is 28.9 Å². The van der Waals surface area contributed by atoms with E-state index in [0.29, 0.717) is 44.9 Å². The van der Waals surface area contributed by atoms with Crippen LogP contribution in [0.15, 0.2) is 48.7 Å². The summed E-state index contributed by atoms with van der Waals surface area (Å²) in [6.45, 7) is 2.29. The number of likely N-dealkylation sites (tertiary alicyclic amines) is 2. The summed E-state index contributed by atoms with van der Waals surface area (Å²) in [6, 6.07) is 8.52. The number of ether oxygens (including phenoxy) is 1. The molecular formula is C30H33F2N3O4. The number of benzene rings is 2. The number of carbonyl (C=O) groups excluding carboxylic acids is 1. The number of piperidine rings is 2. The van der Waals surface area contributed by atoms with Crippen molar-refractivity contribution in [1.29, 1.82) is 0 Å². The highest BCUT2D eigenvalue weighted by atomic mass is 19.1. The smallest absolute Gasteiger partial charge is 0.321 e. The van der Waals surface area contributed by atoms with E-state index in [0.717, 1.165) is 47.7 Å². The number of aliphatic carboxylic acids is 1. The van der Waals surface area contributed by atoms with Gasteiger partial charge >= 0.3 is 5.97 Å². The molecule has 9 heteroatoms. The zero-order valence-corrected chi connectivity index (χ0v) is 21.9. The number of nitrogens with one attached hydrogen (secondary N) is 1. The second-order valence-corrected chi connectivity index (χ2v) is 10.4. The van der Waals surface area contributed by atoms with Gasteiger partial charge in [0.15, 0.2) is 0 Å². The van der Waals surface area contributed by atoms with Gasteiger partial charge < -0.3 is 19.7 Å². The zero-order chi connectivity index (χ0) is 27.5. The molecule has 5 rings (SSSR count). The Hall–Kier alpha value is -3.72. The lowest BCUT2D eigenvalue weighted by atomic mass is 9.84. The third kappa shape index (κ3) is 5.98. The van der Waals surface area contributed by atoms with Crippen molar-refractivity contribution in [3.63, 3.8) is 0 Å². The number of halogens is 2. The van der Waals surface area contributed by atoms with E-state index < -0.39 is 23.6 Å². The standard InChI is InChI=1S/C30H33F2N3O4/c1-39-24-3-4-27-25(17-24)26(18-33-27)20-6-12-35(13-7-20)29(30(37)38)21-8-10-34(11-9-21)28(36)5-2-19-14-22(31)16-23(32)15-19/h2-5,14-18,20-21,29,33H,6-13H2,1H3,(H,37,38)/b5-2+. The molecular weight excluding hydrogens is 504 g/mol. The number of carboxylic acid groups (broad SMARTS) is 1. The number of carboxylic acids is 1. The molecule has 1 amide bonds. The number of hydrogen-bond acceptors (Lipinski definition) is 4. The fourth-order valence-corrected chi connectivity index (χ4v) is 6.11. The summed E-state index contributed by atoms with van der Waals surface area (Å²) in [4.78, 5) is 32.1. The number of fused-ring (bicyclic) bond motifs is 1. The van der Waals surface area contributed by atoms with E-state index >= 15 is 0 Å². The fourth-order valence-electron chi connectivity index (χ4n) is 6.11. The molecule has 2 saturated heterocycles. The van der Waals surface area contributed by atoms with E-state index in [9.17, 15) is 23.5 Å². The number of carbonyl (C=O) groups is 2. The minimum atomic E-state index is -0.817. The minimum absolute atomic E-state index is 0.0539. The topological polar surface area (TPSA) is 85.9 Å². The first-order valence-electron chi connectivity index (χ1n) is 13.4.